The van der Waals surface area contributed by atoms with Gasteiger partial charge in [-0.05, 0) is 54.4 Å². The fourth-order valence-electron chi connectivity index (χ4n) is 3.02. The Morgan fingerprint density at radius 2 is 1.69 bits per heavy atom. The third-order valence-electron chi connectivity index (χ3n) is 4.58. The largest absolute Gasteiger partial charge is 0.345 e. The minimum Gasteiger partial charge on any atom is -0.345 e. The van der Waals surface area contributed by atoms with Gasteiger partial charge in [0.1, 0.15) is 12.4 Å². The van der Waals surface area contributed by atoms with Crippen molar-refractivity contribution >= 4 is 23.4 Å². The molecule has 0 aliphatic rings. The zero-order chi connectivity index (χ0) is 22.9. The van der Waals surface area contributed by atoms with Crippen LogP contribution < -0.4 is 10.6 Å². The van der Waals surface area contributed by atoms with E-state index in [0.29, 0.717) is 16.8 Å². The van der Waals surface area contributed by atoms with Crippen LogP contribution in [-0.4, -0.2) is 40.7 Å². The van der Waals surface area contributed by atoms with Gasteiger partial charge in [-0.2, -0.15) is 0 Å². The van der Waals surface area contributed by atoms with Gasteiger partial charge in [-0.1, -0.05) is 24.3 Å². The number of nitrogens with one attached hydrogen (secondary N) is 2. The average Bonchev–Trinajstić information content (AvgIpc) is 2.79. The molecule has 0 bridgehead atoms. The lowest BCUT2D eigenvalue weighted by atomic mass is 10.1. The van der Waals surface area contributed by atoms with Crippen molar-refractivity contribution in [1.82, 2.24) is 15.2 Å². The monoisotopic (exact) mass is 434 g/mol. The lowest BCUT2D eigenvalue weighted by Crippen LogP contribution is -2.42. The molecule has 164 valence electrons. The van der Waals surface area contributed by atoms with E-state index in [4.69, 9.17) is 0 Å². The van der Waals surface area contributed by atoms with E-state index >= 15 is 0 Å². The Morgan fingerprint density at radius 1 is 0.969 bits per heavy atom. The van der Waals surface area contributed by atoms with E-state index in [1.807, 2.05) is 25.1 Å². The predicted molar refractivity (Wildman–Crippen MR) is 118 cm³/mol. The summed E-state index contributed by atoms with van der Waals surface area (Å²) in [5.74, 6) is -1.64. The summed E-state index contributed by atoms with van der Waals surface area (Å²) in [6, 6.07) is 16.1. The zero-order valence-electron chi connectivity index (χ0n) is 17.5. The normalized spacial score (nSPS) is 10.3. The van der Waals surface area contributed by atoms with Crippen LogP contribution in [0.4, 0.5) is 10.1 Å². The number of nitrogens with zero attached hydrogens (tertiary/aromatic N) is 2. The Bertz CT molecular complexity index is 1090. The maximum atomic E-state index is 13.2. The van der Waals surface area contributed by atoms with Gasteiger partial charge in [0, 0.05) is 30.2 Å². The Hall–Kier alpha value is -4.07. The number of hydrogen-bond donors (Lipinski definition) is 2. The molecule has 0 unspecified atom stereocenters. The quantitative estimate of drug-likeness (QED) is 0.570. The molecule has 0 spiro atoms. The Balaban J connectivity index is 1.62. The van der Waals surface area contributed by atoms with Crippen LogP contribution in [0.1, 0.15) is 21.5 Å². The number of amides is 3. The Morgan fingerprint density at radius 3 is 2.38 bits per heavy atom. The molecule has 0 saturated carbocycles. The van der Waals surface area contributed by atoms with Crippen molar-refractivity contribution in [1.29, 1.82) is 0 Å². The summed E-state index contributed by atoms with van der Waals surface area (Å²) < 4.78 is 13.2. The number of hydrogen-bond acceptors (Lipinski definition) is 4. The van der Waals surface area contributed by atoms with Gasteiger partial charge in [-0.25, -0.2) is 4.39 Å². The van der Waals surface area contributed by atoms with Gasteiger partial charge in [-0.15, -0.1) is 0 Å². The van der Waals surface area contributed by atoms with E-state index in [-0.39, 0.29) is 31.4 Å². The summed E-state index contributed by atoms with van der Waals surface area (Å²) in [5, 5.41) is 5.24. The van der Waals surface area contributed by atoms with Crippen LogP contribution in [0.15, 0.2) is 73.1 Å². The van der Waals surface area contributed by atoms with Crippen LogP contribution in [0.5, 0.6) is 0 Å². The summed E-state index contributed by atoms with van der Waals surface area (Å²) in [6.45, 7) is 1.51. The minimum absolute atomic E-state index is 0.102. The molecule has 32 heavy (non-hydrogen) atoms. The number of halogens is 1. The summed E-state index contributed by atoms with van der Waals surface area (Å²) in [4.78, 5) is 42.8. The van der Waals surface area contributed by atoms with Gasteiger partial charge in [-0.3, -0.25) is 19.4 Å². The lowest BCUT2D eigenvalue weighted by molar-refractivity contribution is -0.124. The topological polar surface area (TPSA) is 91.4 Å². The first kappa shape index (κ1) is 22.6. The number of carbonyl (C=O) groups is 3. The van der Waals surface area contributed by atoms with Crippen LogP contribution in [0.2, 0.25) is 0 Å². The first-order valence-electron chi connectivity index (χ1n) is 9.97. The molecule has 3 aromatic rings. The highest BCUT2D eigenvalue weighted by atomic mass is 19.1. The molecule has 3 rings (SSSR count). The standard InChI is InChI=1S/C24H23FN4O3/c1-17-3-2-4-21(13-17)28-22(30)14-27-23(31)16-29(15-18-5-7-20(25)8-6-18)24(32)19-9-11-26-12-10-19/h2-13H,14-16H2,1H3,(H,27,31)(H,28,30). The second kappa shape index (κ2) is 10.8. The first-order valence-corrected chi connectivity index (χ1v) is 9.97. The summed E-state index contributed by atoms with van der Waals surface area (Å²) in [7, 11) is 0. The van der Waals surface area contributed by atoms with Crippen molar-refractivity contribution in [3.05, 3.63) is 95.6 Å². The highest BCUT2D eigenvalue weighted by Gasteiger charge is 2.20. The van der Waals surface area contributed by atoms with Crippen molar-refractivity contribution in [2.24, 2.45) is 0 Å². The van der Waals surface area contributed by atoms with Gasteiger partial charge < -0.3 is 15.5 Å². The van der Waals surface area contributed by atoms with E-state index in [1.165, 1.54) is 29.4 Å². The van der Waals surface area contributed by atoms with E-state index in [2.05, 4.69) is 15.6 Å². The number of rotatable bonds is 8. The van der Waals surface area contributed by atoms with Gasteiger partial charge in [0.15, 0.2) is 0 Å². The minimum atomic E-state index is -0.492. The van der Waals surface area contributed by atoms with Crippen LogP contribution in [0, 0.1) is 12.7 Å². The number of carbonyl (C=O) groups excluding carboxylic acids is 3. The molecule has 8 heteroatoms. The van der Waals surface area contributed by atoms with E-state index in [0.717, 1.165) is 5.56 Å². The Kier molecular flexibility index (Phi) is 7.64. The van der Waals surface area contributed by atoms with Crippen molar-refractivity contribution < 1.29 is 18.8 Å². The van der Waals surface area contributed by atoms with E-state index < -0.39 is 11.7 Å². The molecule has 2 aromatic carbocycles. The van der Waals surface area contributed by atoms with Crippen molar-refractivity contribution in [3.63, 3.8) is 0 Å². The molecule has 3 amide bonds. The van der Waals surface area contributed by atoms with Gasteiger partial charge in [0.2, 0.25) is 11.8 Å². The van der Waals surface area contributed by atoms with Crippen LogP contribution >= 0.6 is 0 Å². The number of benzene rings is 2. The first-order chi connectivity index (χ1) is 15.4. The molecule has 1 heterocycles. The van der Waals surface area contributed by atoms with Crippen LogP contribution in [0.25, 0.3) is 0 Å². The maximum absolute atomic E-state index is 13.2. The summed E-state index contributed by atoms with van der Waals surface area (Å²) in [6.07, 6.45) is 2.97. The fourth-order valence-corrected chi connectivity index (χ4v) is 3.02. The van der Waals surface area contributed by atoms with Crippen LogP contribution in [-0.2, 0) is 16.1 Å². The van der Waals surface area contributed by atoms with Crippen molar-refractivity contribution in [2.45, 2.75) is 13.5 Å². The van der Waals surface area contributed by atoms with Crippen molar-refractivity contribution in [3.8, 4) is 0 Å². The zero-order valence-corrected chi connectivity index (χ0v) is 17.5. The molecule has 0 atom stereocenters. The molecule has 2 N–H and O–H groups in total. The van der Waals surface area contributed by atoms with Gasteiger partial charge in [0.05, 0.1) is 6.54 Å². The number of anilines is 1. The molecule has 0 saturated heterocycles. The lowest BCUT2D eigenvalue weighted by Gasteiger charge is -2.22. The Labute approximate surface area is 185 Å². The fraction of sp³-hybridized carbons (Fsp3) is 0.167. The number of pyridine rings is 1. The molecular weight excluding hydrogens is 411 g/mol. The second-order valence-corrected chi connectivity index (χ2v) is 7.22. The van der Waals surface area contributed by atoms with E-state index in [1.54, 1.807) is 30.3 Å². The number of aromatic nitrogens is 1. The molecule has 0 fully saturated rings. The average molecular weight is 434 g/mol. The molecular formula is C24H23FN4O3. The molecule has 0 aliphatic heterocycles. The molecule has 0 aliphatic carbocycles. The molecule has 0 radical (unpaired) electrons. The smallest absolute Gasteiger partial charge is 0.254 e. The van der Waals surface area contributed by atoms with E-state index in [9.17, 15) is 18.8 Å². The number of aryl methyl sites for hydroxylation is 1. The van der Waals surface area contributed by atoms with Crippen LogP contribution in [0.3, 0.4) is 0 Å². The summed E-state index contributed by atoms with van der Waals surface area (Å²) >= 11 is 0. The van der Waals surface area contributed by atoms with Crippen molar-refractivity contribution in [2.75, 3.05) is 18.4 Å². The highest BCUT2D eigenvalue weighted by Crippen LogP contribution is 2.11. The second-order valence-electron chi connectivity index (χ2n) is 7.22. The van der Waals surface area contributed by atoms with Gasteiger partial charge >= 0.3 is 0 Å². The third kappa shape index (κ3) is 6.73. The highest BCUT2D eigenvalue weighted by molar-refractivity contribution is 5.98. The predicted octanol–water partition coefficient (Wildman–Crippen LogP) is 2.93. The van der Waals surface area contributed by atoms with Gasteiger partial charge in [0.25, 0.3) is 5.91 Å². The molecule has 1 aromatic heterocycles. The molecule has 7 nitrogen and oxygen atoms in total. The maximum Gasteiger partial charge on any atom is 0.254 e. The SMILES string of the molecule is Cc1cccc(NC(=O)CNC(=O)CN(Cc2ccc(F)cc2)C(=O)c2ccncc2)c1. The summed E-state index contributed by atoms with van der Waals surface area (Å²) in [5.41, 5.74) is 2.67. The third-order valence-corrected chi connectivity index (χ3v) is 4.58.